The standard InChI is InChI=1S/C25H28ClNO6/c1-3-31-20-12-6-7-13-21(20)32-17-24(30)33-16-23(29)27(2)25(15-9-8-14-22(25)28)18-10-4-5-11-19(18)26/h4-7,10-13H,3,8-9,14-17H2,1-2H3. The van der Waals surface area contributed by atoms with Crippen molar-refractivity contribution in [2.75, 3.05) is 26.9 Å². The Labute approximate surface area is 198 Å². The van der Waals surface area contributed by atoms with Gasteiger partial charge in [-0.3, -0.25) is 9.59 Å². The van der Waals surface area contributed by atoms with E-state index in [4.69, 9.17) is 25.8 Å². The Morgan fingerprint density at radius 2 is 1.67 bits per heavy atom. The Morgan fingerprint density at radius 3 is 2.33 bits per heavy atom. The van der Waals surface area contributed by atoms with Crippen molar-refractivity contribution in [3.63, 3.8) is 0 Å². The van der Waals surface area contributed by atoms with Crippen LogP contribution < -0.4 is 9.47 Å². The van der Waals surface area contributed by atoms with Crippen molar-refractivity contribution in [2.45, 2.75) is 38.1 Å². The minimum absolute atomic E-state index is 0.0695. The zero-order valence-electron chi connectivity index (χ0n) is 18.8. The van der Waals surface area contributed by atoms with Crippen LogP contribution in [0.15, 0.2) is 48.5 Å². The first-order valence-electron chi connectivity index (χ1n) is 11.0. The van der Waals surface area contributed by atoms with Gasteiger partial charge in [-0.1, -0.05) is 41.9 Å². The van der Waals surface area contributed by atoms with Gasteiger partial charge in [-0.05, 0) is 44.4 Å². The molecule has 1 fully saturated rings. The third-order valence-electron chi connectivity index (χ3n) is 5.77. The first kappa shape index (κ1) is 24.6. The van der Waals surface area contributed by atoms with E-state index in [9.17, 15) is 14.4 Å². The Bertz CT molecular complexity index is 1010. The van der Waals surface area contributed by atoms with E-state index in [1.54, 1.807) is 55.6 Å². The fourth-order valence-electron chi connectivity index (χ4n) is 4.10. The maximum Gasteiger partial charge on any atom is 0.344 e. The molecule has 1 amide bonds. The van der Waals surface area contributed by atoms with Crippen molar-refractivity contribution in [3.8, 4) is 11.5 Å². The van der Waals surface area contributed by atoms with Gasteiger partial charge in [-0.25, -0.2) is 4.79 Å². The van der Waals surface area contributed by atoms with Crippen molar-refractivity contribution in [3.05, 3.63) is 59.1 Å². The van der Waals surface area contributed by atoms with Crippen LogP contribution in [0.1, 0.15) is 38.2 Å². The minimum atomic E-state index is -1.17. The van der Waals surface area contributed by atoms with Gasteiger partial charge in [-0.2, -0.15) is 0 Å². The van der Waals surface area contributed by atoms with E-state index in [0.29, 0.717) is 41.5 Å². The molecule has 176 valence electrons. The number of ketones is 1. The molecule has 0 saturated heterocycles. The summed E-state index contributed by atoms with van der Waals surface area (Å²) in [6.45, 7) is 1.41. The maximum atomic E-state index is 13.1. The van der Waals surface area contributed by atoms with Gasteiger partial charge in [0.2, 0.25) is 0 Å². The number of carbonyl (C=O) groups is 3. The smallest absolute Gasteiger partial charge is 0.344 e. The van der Waals surface area contributed by atoms with Gasteiger partial charge in [0, 0.05) is 24.1 Å². The lowest BCUT2D eigenvalue weighted by molar-refractivity contribution is -0.158. The number of esters is 1. The summed E-state index contributed by atoms with van der Waals surface area (Å²) in [4.78, 5) is 39.7. The fourth-order valence-corrected chi connectivity index (χ4v) is 4.40. The zero-order chi connectivity index (χ0) is 23.8. The van der Waals surface area contributed by atoms with Gasteiger partial charge in [-0.15, -0.1) is 0 Å². The lowest BCUT2D eigenvalue weighted by Gasteiger charge is -2.43. The zero-order valence-corrected chi connectivity index (χ0v) is 19.6. The molecule has 1 aliphatic rings. The van der Waals surface area contributed by atoms with E-state index < -0.39 is 24.0 Å². The normalized spacial score (nSPS) is 17.8. The lowest BCUT2D eigenvalue weighted by Crippen LogP contribution is -2.55. The molecule has 1 unspecified atom stereocenters. The Hall–Kier alpha value is -3.06. The Balaban J connectivity index is 1.66. The van der Waals surface area contributed by atoms with Crippen LogP contribution in [0, 0.1) is 0 Å². The predicted molar refractivity (Wildman–Crippen MR) is 123 cm³/mol. The molecule has 1 aliphatic carbocycles. The molecule has 33 heavy (non-hydrogen) atoms. The monoisotopic (exact) mass is 473 g/mol. The number of carbonyl (C=O) groups excluding carboxylic acids is 3. The molecule has 0 spiro atoms. The van der Waals surface area contributed by atoms with Crippen LogP contribution in [-0.4, -0.2) is 49.4 Å². The van der Waals surface area contributed by atoms with Gasteiger partial charge in [0.25, 0.3) is 5.91 Å². The van der Waals surface area contributed by atoms with E-state index in [-0.39, 0.29) is 12.4 Å². The topological polar surface area (TPSA) is 82.1 Å². The highest BCUT2D eigenvalue weighted by Crippen LogP contribution is 2.42. The van der Waals surface area contributed by atoms with Crippen LogP contribution in [0.3, 0.4) is 0 Å². The first-order valence-corrected chi connectivity index (χ1v) is 11.3. The van der Waals surface area contributed by atoms with Crippen LogP contribution in [0.2, 0.25) is 5.02 Å². The van der Waals surface area contributed by atoms with E-state index in [1.807, 2.05) is 6.92 Å². The molecular formula is C25H28ClNO6. The van der Waals surface area contributed by atoms with Crippen LogP contribution in [0.5, 0.6) is 11.5 Å². The van der Waals surface area contributed by atoms with Crippen LogP contribution >= 0.6 is 11.6 Å². The van der Waals surface area contributed by atoms with Crippen molar-refractivity contribution in [1.82, 2.24) is 4.90 Å². The van der Waals surface area contributed by atoms with E-state index in [1.165, 1.54) is 4.90 Å². The molecule has 1 atom stereocenters. The summed E-state index contributed by atoms with van der Waals surface area (Å²) in [6, 6.07) is 14.0. The summed E-state index contributed by atoms with van der Waals surface area (Å²) < 4.78 is 16.1. The molecule has 8 heteroatoms. The Kier molecular flexibility index (Phi) is 8.33. The number of likely N-dealkylation sites (N-methyl/N-ethyl adjacent to an activating group) is 1. The second-order valence-electron chi connectivity index (χ2n) is 7.75. The third-order valence-corrected chi connectivity index (χ3v) is 6.10. The summed E-state index contributed by atoms with van der Waals surface area (Å²) in [5.74, 6) is -0.343. The number of rotatable bonds is 9. The van der Waals surface area contributed by atoms with E-state index in [2.05, 4.69) is 0 Å². The molecule has 0 heterocycles. The molecular weight excluding hydrogens is 446 g/mol. The van der Waals surface area contributed by atoms with Crippen molar-refractivity contribution in [1.29, 1.82) is 0 Å². The van der Waals surface area contributed by atoms with Crippen molar-refractivity contribution >= 4 is 29.3 Å². The molecule has 0 aliphatic heterocycles. The summed E-state index contributed by atoms with van der Waals surface area (Å²) >= 11 is 6.42. The van der Waals surface area contributed by atoms with Gasteiger partial charge in [0.05, 0.1) is 6.61 Å². The maximum absolute atomic E-state index is 13.1. The van der Waals surface area contributed by atoms with E-state index >= 15 is 0 Å². The number of Topliss-reactive ketones (excluding diaryl/α,β-unsaturated/α-hetero) is 1. The van der Waals surface area contributed by atoms with Crippen LogP contribution in [0.4, 0.5) is 0 Å². The van der Waals surface area contributed by atoms with E-state index in [0.717, 1.165) is 12.8 Å². The average molecular weight is 474 g/mol. The SMILES string of the molecule is CCOc1ccccc1OCC(=O)OCC(=O)N(C)C1(c2ccccc2Cl)CCCCC1=O. The number of nitrogens with zero attached hydrogens (tertiary/aromatic N) is 1. The second kappa shape index (κ2) is 11.2. The molecule has 0 bridgehead atoms. The third kappa shape index (κ3) is 5.47. The summed E-state index contributed by atoms with van der Waals surface area (Å²) in [5.41, 5.74) is -0.582. The number of hydrogen-bond acceptors (Lipinski definition) is 6. The number of ether oxygens (including phenoxy) is 3. The Morgan fingerprint density at radius 1 is 1.00 bits per heavy atom. The average Bonchev–Trinajstić information content (AvgIpc) is 2.82. The number of hydrogen-bond donors (Lipinski definition) is 0. The minimum Gasteiger partial charge on any atom is -0.490 e. The number of amides is 1. The first-order chi connectivity index (χ1) is 15.9. The number of para-hydroxylation sites is 2. The lowest BCUT2D eigenvalue weighted by atomic mass is 9.74. The van der Waals surface area contributed by atoms with Gasteiger partial charge < -0.3 is 19.1 Å². The molecule has 7 nitrogen and oxygen atoms in total. The highest BCUT2D eigenvalue weighted by molar-refractivity contribution is 6.31. The quantitative estimate of drug-likeness (QED) is 0.509. The molecule has 1 saturated carbocycles. The van der Waals surface area contributed by atoms with Crippen molar-refractivity contribution < 1.29 is 28.6 Å². The number of benzene rings is 2. The summed E-state index contributed by atoms with van der Waals surface area (Å²) in [7, 11) is 1.55. The van der Waals surface area contributed by atoms with Gasteiger partial charge >= 0.3 is 5.97 Å². The fraction of sp³-hybridized carbons (Fsp3) is 0.400. The molecule has 2 aromatic carbocycles. The molecule has 3 rings (SSSR count). The summed E-state index contributed by atoms with van der Waals surface area (Å²) in [5, 5.41) is 0.422. The number of halogens is 1. The van der Waals surface area contributed by atoms with Crippen molar-refractivity contribution in [2.24, 2.45) is 0 Å². The highest BCUT2D eigenvalue weighted by atomic mass is 35.5. The van der Waals surface area contributed by atoms with Gasteiger partial charge in [0.1, 0.15) is 5.54 Å². The van der Waals surface area contributed by atoms with Gasteiger partial charge in [0.15, 0.2) is 30.5 Å². The van der Waals surface area contributed by atoms with Crippen LogP contribution in [-0.2, 0) is 24.7 Å². The molecule has 0 N–H and O–H groups in total. The predicted octanol–water partition coefficient (Wildman–Crippen LogP) is 4.16. The molecule has 0 radical (unpaired) electrons. The highest BCUT2D eigenvalue weighted by Gasteiger charge is 2.48. The second-order valence-corrected chi connectivity index (χ2v) is 8.16. The van der Waals surface area contributed by atoms with Crippen LogP contribution in [0.25, 0.3) is 0 Å². The molecule has 0 aromatic heterocycles. The summed E-state index contributed by atoms with van der Waals surface area (Å²) in [6.07, 6.45) is 2.36. The largest absolute Gasteiger partial charge is 0.490 e. The molecule has 2 aromatic rings.